The van der Waals surface area contributed by atoms with Crippen LogP contribution in [-0.4, -0.2) is 7.11 Å². The van der Waals surface area contributed by atoms with Crippen LogP contribution in [0.2, 0.25) is 0 Å². The minimum atomic E-state index is 0.260. The van der Waals surface area contributed by atoms with E-state index in [4.69, 9.17) is 10.5 Å². The van der Waals surface area contributed by atoms with Gasteiger partial charge in [-0.15, -0.1) is 0 Å². The quantitative estimate of drug-likeness (QED) is 0.525. The standard InChI is InChI=1S/C22H25N3O/c1-3-4-5-6-7-8-17-13-18(14-23)22(25)20(15-24)21(17)16-9-11-19(26-2)12-10-16/h9-13H,3-8,25H2,1-2H3. The molecular weight excluding hydrogens is 322 g/mol. The molecule has 26 heavy (non-hydrogen) atoms. The Kier molecular flexibility index (Phi) is 7.06. The third kappa shape index (κ3) is 4.35. The molecule has 0 saturated heterocycles. The number of benzene rings is 2. The highest BCUT2D eigenvalue weighted by Crippen LogP contribution is 2.35. The summed E-state index contributed by atoms with van der Waals surface area (Å²) in [6.07, 6.45) is 6.65. The molecule has 0 fully saturated rings. The van der Waals surface area contributed by atoms with Crippen molar-refractivity contribution in [2.75, 3.05) is 12.8 Å². The van der Waals surface area contributed by atoms with Gasteiger partial charge in [-0.05, 0) is 42.2 Å². The van der Waals surface area contributed by atoms with E-state index >= 15 is 0 Å². The number of nitrogens with zero attached hydrogens (tertiary/aromatic N) is 2. The van der Waals surface area contributed by atoms with Crippen molar-refractivity contribution >= 4 is 5.69 Å². The van der Waals surface area contributed by atoms with E-state index in [0.29, 0.717) is 11.1 Å². The lowest BCUT2D eigenvalue weighted by atomic mass is 9.88. The van der Waals surface area contributed by atoms with Crippen LogP contribution in [-0.2, 0) is 6.42 Å². The highest BCUT2D eigenvalue weighted by atomic mass is 16.5. The van der Waals surface area contributed by atoms with Crippen molar-refractivity contribution in [2.45, 2.75) is 45.4 Å². The van der Waals surface area contributed by atoms with Crippen LogP contribution < -0.4 is 10.5 Å². The fourth-order valence-electron chi connectivity index (χ4n) is 3.17. The largest absolute Gasteiger partial charge is 0.497 e. The number of ether oxygens (including phenoxy) is 1. The van der Waals surface area contributed by atoms with E-state index in [2.05, 4.69) is 19.1 Å². The Balaban J connectivity index is 2.46. The molecule has 0 radical (unpaired) electrons. The maximum atomic E-state index is 9.68. The van der Waals surface area contributed by atoms with Gasteiger partial charge in [0, 0.05) is 5.56 Å². The summed E-state index contributed by atoms with van der Waals surface area (Å²) in [7, 11) is 1.62. The van der Waals surface area contributed by atoms with E-state index in [0.717, 1.165) is 41.7 Å². The van der Waals surface area contributed by atoms with Crippen LogP contribution >= 0.6 is 0 Å². The van der Waals surface area contributed by atoms with E-state index in [-0.39, 0.29) is 5.69 Å². The zero-order valence-electron chi connectivity index (χ0n) is 15.5. The third-order valence-electron chi connectivity index (χ3n) is 4.61. The van der Waals surface area contributed by atoms with Crippen molar-refractivity contribution in [3.8, 4) is 29.0 Å². The summed E-state index contributed by atoms with van der Waals surface area (Å²) >= 11 is 0. The van der Waals surface area contributed by atoms with Gasteiger partial charge in [-0.2, -0.15) is 10.5 Å². The number of unbranched alkanes of at least 4 members (excludes halogenated alkanes) is 4. The zero-order chi connectivity index (χ0) is 18.9. The molecule has 134 valence electrons. The fraction of sp³-hybridized carbons (Fsp3) is 0.364. The number of nitrogen functional groups attached to an aromatic ring is 1. The third-order valence-corrected chi connectivity index (χ3v) is 4.61. The summed E-state index contributed by atoms with van der Waals surface area (Å²) in [5, 5.41) is 19.1. The maximum absolute atomic E-state index is 9.68. The van der Waals surface area contributed by atoms with E-state index in [9.17, 15) is 10.5 Å². The highest BCUT2D eigenvalue weighted by Gasteiger charge is 2.17. The molecule has 2 N–H and O–H groups in total. The molecule has 0 heterocycles. The van der Waals surface area contributed by atoms with Gasteiger partial charge in [-0.3, -0.25) is 0 Å². The average molecular weight is 347 g/mol. The molecule has 0 amide bonds. The molecule has 0 saturated carbocycles. The van der Waals surface area contributed by atoms with Crippen LogP contribution in [0.15, 0.2) is 30.3 Å². The molecule has 4 heteroatoms. The molecular formula is C22H25N3O. The number of aryl methyl sites for hydroxylation is 1. The molecule has 0 spiro atoms. The summed E-state index contributed by atoms with van der Waals surface area (Å²) in [6.45, 7) is 2.19. The zero-order valence-corrected chi connectivity index (χ0v) is 15.5. The Morgan fingerprint density at radius 3 is 2.27 bits per heavy atom. The number of rotatable bonds is 8. The Bertz CT molecular complexity index is 826. The van der Waals surface area contributed by atoms with Crippen molar-refractivity contribution in [1.29, 1.82) is 10.5 Å². The van der Waals surface area contributed by atoms with Crippen LogP contribution in [0.5, 0.6) is 5.75 Å². The first-order chi connectivity index (χ1) is 12.7. The number of hydrogen-bond donors (Lipinski definition) is 1. The van der Waals surface area contributed by atoms with Gasteiger partial charge in [0.1, 0.15) is 17.9 Å². The SMILES string of the molecule is CCCCCCCc1cc(C#N)c(N)c(C#N)c1-c1ccc(OC)cc1. The second-order valence-electron chi connectivity index (χ2n) is 6.36. The maximum Gasteiger partial charge on any atom is 0.118 e. The summed E-state index contributed by atoms with van der Waals surface area (Å²) in [6, 6.07) is 13.8. The van der Waals surface area contributed by atoms with Gasteiger partial charge >= 0.3 is 0 Å². The molecule has 0 unspecified atom stereocenters. The Labute approximate surface area is 155 Å². The monoisotopic (exact) mass is 347 g/mol. The summed E-state index contributed by atoms with van der Waals surface area (Å²) < 4.78 is 5.22. The average Bonchev–Trinajstić information content (AvgIpc) is 2.68. The topological polar surface area (TPSA) is 82.8 Å². The molecule has 2 rings (SSSR count). The van der Waals surface area contributed by atoms with Gasteiger partial charge in [-0.1, -0.05) is 44.7 Å². The van der Waals surface area contributed by atoms with Crippen molar-refractivity contribution in [3.63, 3.8) is 0 Å². The molecule has 2 aromatic rings. The first-order valence-corrected chi connectivity index (χ1v) is 9.06. The smallest absolute Gasteiger partial charge is 0.118 e. The molecule has 0 aliphatic rings. The molecule has 0 aromatic heterocycles. The molecule has 2 aromatic carbocycles. The van der Waals surface area contributed by atoms with E-state index < -0.39 is 0 Å². The molecule has 0 aliphatic heterocycles. The van der Waals surface area contributed by atoms with Gasteiger partial charge in [0.25, 0.3) is 0 Å². The van der Waals surface area contributed by atoms with E-state index in [1.54, 1.807) is 7.11 Å². The first-order valence-electron chi connectivity index (χ1n) is 9.06. The second-order valence-corrected chi connectivity index (χ2v) is 6.36. The van der Waals surface area contributed by atoms with Crippen LogP contribution in [0.1, 0.15) is 55.7 Å². The minimum absolute atomic E-state index is 0.260. The Hall–Kier alpha value is -2.98. The van der Waals surface area contributed by atoms with Crippen LogP contribution in [0.4, 0.5) is 5.69 Å². The van der Waals surface area contributed by atoms with E-state index in [1.165, 1.54) is 19.3 Å². The van der Waals surface area contributed by atoms with Gasteiger partial charge in [0.05, 0.1) is 23.9 Å². The lowest BCUT2D eigenvalue weighted by molar-refractivity contribution is 0.415. The van der Waals surface area contributed by atoms with Crippen molar-refractivity contribution < 1.29 is 4.74 Å². The predicted octanol–water partition coefficient (Wildman–Crippen LogP) is 5.20. The summed E-state index contributed by atoms with van der Waals surface area (Å²) in [5.41, 5.74) is 9.88. The minimum Gasteiger partial charge on any atom is -0.497 e. The number of hydrogen-bond acceptors (Lipinski definition) is 4. The van der Waals surface area contributed by atoms with Crippen LogP contribution in [0.3, 0.4) is 0 Å². The Morgan fingerprint density at radius 1 is 1.00 bits per heavy atom. The van der Waals surface area contributed by atoms with Gasteiger partial charge in [0.15, 0.2) is 0 Å². The van der Waals surface area contributed by atoms with Gasteiger partial charge < -0.3 is 10.5 Å². The molecule has 4 nitrogen and oxygen atoms in total. The molecule has 0 bridgehead atoms. The van der Waals surface area contributed by atoms with E-state index in [1.807, 2.05) is 30.3 Å². The predicted molar refractivity (Wildman–Crippen MR) is 105 cm³/mol. The first kappa shape index (κ1) is 19.3. The van der Waals surface area contributed by atoms with Crippen molar-refractivity contribution in [2.24, 2.45) is 0 Å². The lowest BCUT2D eigenvalue weighted by Crippen LogP contribution is -2.03. The number of methoxy groups -OCH3 is 1. The normalized spacial score (nSPS) is 10.2. The number of nitrogens with two attached hydrogens (primary N) is 1. The van der Waals surface area contributed by atoms with Gasteiger partial charge in [0.2, 0.25) is 0 Å². The lowest BCUT2D eigenvalue weighted by Gasteiger charge is -2.15. The Morgan fingerprint density at radius 2 is 1.69 bits per heavy atom. The van der Waals surface area contributed by atoms with Crippen LogP contribution in [0.25, 0.3) is 11.1 Å². The number of nitriles is 2. The van der Waals surface area contributed by atoms with Crippen molar-refractivity contribution in [3.05, 3.63) is 47.0 Å². The molecule has 0 aliphatic carbocycles. The highest BCUT2D eigenvalue weighted by molar-refractivity contribution is 5.83. The molecule has 0 atom stereocenters. The van der Waals surface area contributed by atoms with Crippen molar-refractivity contribution in [1.82, 2.24) is 0 Å². The second kappa shape index (κ2) is 9.49. The van der Waals surface area contributed by atoms with Gasteiger partial charge in [-0.25, -0.2) is 0 Å². The fourth-order valence-corrected chi connectivity index (χ4v) is 3.17. The summed E-state index contributed by atoms with van der Waals surface area (Å²) in [4.78, 5) is 0. The summed E-state index contributed by atoms with van der Waals surface area (Å²) in [5.74, 6) is 0.759. The van der Waals surface area contributed by atoms with Crippen LogP contribution in [0, 0.1) is 22.7 Å². The number of anilines is 1.